The Morgan fingerprint density at radius 1 is 0.615 bits per heavy atom. The van der Waals surface area contributed by atoms with Gasteiger partial charge in [-0.15, -0.1) is 0 Å². The number of carbonyl (C=O) groups excluding carboxylic acids is 2. The summed E-state index contributed by atoms with van der Waals surface area (Å²) in [5.41, 5.74) is 7.45. The molecule has 0 saturated carbocycles. The van der Waals surface area contributed by atoms with E-state index in [2.05, 4.69) is 10.9 Å². The summed E-state index contributed by atoms with van der Waals surface area (Å²) in [5.74, 6) is -0.935. The fourth-order valence-electron chi connectivity index (χ4n) is 2.39. The van der Waals surface area contributed by atoms with E-state index in [0.717, 1.165) is 11.1 Å². The van der Waals surface area contributed by atoms with Gasteiger partial charge in [0.05, 0.1) is 0 Å². The normalized spacial score (nSPS) is 10.2. The van der Waals surface area contributed by atoms with Crippen molar-refractivity contribution < 1.29 is 9.59 Å². The molecule has 0 saturated heterocycles. The van der Waals surface area contributed by atoms with Crippen molar-refractivity contribution in [1.82, 2.24) is 10.9 Å². The minimum Gasteiger partial charge on any atom is -0.267 e. The van der Waals surface area contributed by atoms with Gasteiger partial charge in [-0.25, -0.2) is 0 Å². The summed E-state index contributed by atoms with van der Waals surface area (Å²) in [6.07, 6.45) is 0. The Morgan fingerprint density at radius 3 is 1.69 bits per heavy atom. The molecule has 3 aromatic carbocycles. The van der Waals surface area contributed by atoms with Crippen LogP contribution in [0.15, 0.2) is 72.8 Å². The van der Waals surface area contributed by atoms with Gasteiger partial charge in [0.25, 0.3) is 11.8 Å². The lowest BCUT2D eigenvalue weighted by atomic mass is 10.0. The van der Waals surface area contributed by atoms with Gasteiger partial charge in [0.1, 0.15) is 0 Å². The van der Waals surface area contributed by atoms with Crippen molar-refractivity contribution in [2.45, 2.75) is 0 Å². The lowest BCUT2D eigenvalue weighted by Crippen LogP contribution is -2.41. The highest BCUT2D eigenvalue weighted by molar-refractivity contribution is 6.35. The average molecular weight is 385 g/mol. The Hall–Kier alpha value is -2.82. The van der Waals surface area contributed by atoms with E-state index in [4.69, 9.17) is 23.2 Å². The molecule has 2 amide bonds. The summed E-state index contributed by atoms with van der Waals surface area (Å²) in [6.45, 7) is 0. The van der Waals surface area contributed by atoms with Crippen molar-refractivity contribution in [2.75, 3.05) is 0 Å². The molecular formula is C20H14Cl2N2O2. The molecule has 0 aliphatic heterocycles. The smallest absolute Gasteiger partial charge is 0.267 e. The third-order valence-electron chi connectivity index (χ3n) is 3.67. The molecule has 0 spiro atoms. The van der Waals surface area contributed by atoms with Crippen molar-refractivity contribution in [3.05, 3.63) is 94.0 Å². The number of hydrogen-bond acceptors (Lipinski definition) is 2. The first-order valence-electron chi connectivity index (χ1n) is 7.75. The molecule has 0 fully saturated rings. The molecule has 4 nitrogen and oxygen atoms in total. The summed E-state index contributed by atoms with van der Waals surface area (Å²) in [5, 5.41) is 0.677. The maximum Gasteiger partial charge on any atom is 0.269 e. The number of rotatable bonds is 3. The highest BCUT2D eigenvalue weighted by Crippen LogP contribution is 2.20. The van der Waals surface area contributed by atoms with Gasteiger partial charge in [-0.1, -0.05) is 65.7 Å². The molecule has 0 heterocycles. The molecule has 0 bridgehead atoms. The van der Waals surface area contributed by atoms with Gasteiger partial charge in [0, 0.05) is 21.2 Å². The maximum absolute atomic E-state index is 12.2. The van der Waals surface area contributed by atoms with Gasteiger partial charge in [-0.05, 0) is 41.5 Å². The number of nitrogens with one attached hydrogen (secondary N) is 2. The van der Waals surface area contributed by atoms with Gasteiger partial charge in [-0.2, -0.15) is 0 Å². The zero-order chi connectivity index (χ0) is 18.5. The predicted molar refractivity (Wildman–Crippen MR) is 103 cm³/mol. The Balaban J connectivity index is 1.64. The molecule has 0 radical (unpaired) electrons. The van der Waals surface area contributed by atoms with Crippen LogP contribution in [0.5, 0.6) is 0 Å². The standard InChI is InChI=1S/C20H14Cl2N2O2/c21-17-10-16(11-18(22)12-17)20(26)24-23-19(25)15-8-6-14(7-9-15)13-4-2-1-3-5-13/h1-12H,(H,23,25)(H,24,26). The Kier molecular flexibility index (Phi) is 5.56. The third-order valence-corrected chi connectivity index (χ3v) is 4.10. The van der Waals surface area contributed by atoms with Crippen molar-refractivity contribution >= 4 is 35.0 Å². The van der Waals surface area contributed by atoms with E-state index in [-0.39, 0.29) is 5.56 Å². The maximum atomic E-state index is 12.2. The van der Waals surface area contributed by atoms with Crippen molar-refractivity contribution in [1.29, 1.82) is 0 Å². The van der Waals surface area contributed by atoms with Crippen molar-refractivity contribution in [3.63, 3.8) is 0 Å². The fourth-order valence-corrected chi connectivity index (χ4v) is 2.91. The average Bonchev–Trinajstić information content (AvgIpc) is 2.66. The van der Waals surface area contributed by atoms with E-state index < -0.39 is 11.8 Å². The first-order chi connectivity index (χ1) is 12.5. The zero-order valence-corrected chi connectivity index (χ0v) is 15.0. The van der Waals surface area contributed by atoms with E-state index in [1.807, 2.05) is 42.5 Å². The highest BCUT2D eigenvalue weighted by Gasteiger charge is 2.11. The molecule has 3 rings (SSSR count). The molecule has 26 heavy (non-hydrogen) atoms. The second kappa shape index (κ2) is 8.04. The quantitative estimate of drug-likeness (QED) is 0.640. The van der Waals surface area contributed by atoms with Crippen LogP contribution in [-0.2, 0) is 0 Å². The molecular weight excluding hydrogens is 371 g/mol. The first kappa shape index (κ1) is 18.0. The van der Waals surface area contributed by atoms with Crippen LogP contribution in [-0.4, -0.2) is 11.8 Å². The highest BCUT2D eigenvalue weighted by atomic mass is 35.5. The van der Waals surface area contributed by atoms with Gasteiger partial charge in [0.15, 0.2) is 0 Å². The van der Waals surface area contributed by atoms with Gasteiger partial charge >= 0.3 is 0 Å². The lowest BCUT2D eigenvalue weighted by Gasteiger charge is -2.09. The summed E-state index contributed by atoms with van der Waals surface area (Å²) >= 11 is 11.7. The fraction of sp³-hybridized carbons (Fsp3) is 0. The minimum absolute atomic E-state index is 0.252. The molecule has 0 atom stereocenters. The summed E-state index contributed by atoms with van der Waals surface area (Å²) < 4.78 is 0. The lowest BCUT2D eigenvalue weighted by molar-refractivity contribution is 0.0846. The van der Waals surface area contributed by atoms with Crippen LogP contribution >= 0.6 is 23.2 Å². The third kappa shape index (κ3) is 4.42. The second-order valence-corrected chi connectivity index (χ2v) is 6.38. The number of hydrogen-bond donors (Lipinski definition) is 2. The Morgan fingerprint density at radius 2 is 1.12 bits per heavy atom. The monoisotopic (exact) mass is 384 g/mol. The predicted octanol–water partition coefficient (Wildman–Crippen LogP) is 4.74. The van der Waals surface area contributed by atoms with Gasteiger partial charge in [-0.3, -0.25) is 20.4 Å². The van der Waals surface area contributed by atoms with Gasteiger partial charge < -0.3 is 0 Å². The van der Waals surface area contributed by atoms with Crippen molar-refractivity contribution in [3.8, 4) is 11.1 Å². The van der Waals surface area contributed by atoms with E-state index in [9.17, 15) is 9.59 Å². The summed E-state index contributed by atoms with van der Waals surface area (Å²) in [7, 11) is 0. The van der Waals surface area contributed by atoms with Gasteiger partial charge in [0.2, 0.25) is 0 Å². The van der Waals surface area contributed by atoms with Crippen LogP contribution in [0.2, 0.25) is 10.0 Å². The first-order valence-corrected chi connectivity index (χ1v) is 8.51. The second-order valence-electron chi connectivity index (χ2n) is 5.51. The number of benzene rings is 3. The summed E-state index contributed by atoms with van der Waals surface area (Å²) in [4.78, 5) is 24.3. The molecule has 0 unspecified atom stereocenters. The van der Waals surface area contributed by atoms with E-state index in [1.54, 1.807) is 12.1 Å². The minimum atomic E-state index is -0.511. The molecule has 6 heteroatoms. The molecule has 3 aromatic rings. The molecule has 0 aromatic heterocycles. The van der Waals surface area contributed by atoms with Crippen LogP contribution < -0.4 is 10.9 Å². The number of hydrazine groups is 1. The Bertz CT molecular complexity index is 922. The molecule has 0 aliphatic carbocycles. The van der Waals surface area contributed by atoms with E-state index in [0.29, 0.717) is 15.6 Å². The van der Waals surface area contributed by atoms with Crippen LogP contribution in [0.1, 0.15) is 20.7 Å². The zero-order valence-electron chi connectivity index (χ0n) is 13.5. The SMILES string of the molecule is O=C(NNC(=O)c1cc(Cl)cc(Cl)c1)c1ccc(-c2ccccc2)cc1. The van der Waals surface area contributed by atoms with Crippen molar-refractivity contribution in [2.24, 2.45) is 0 Å². The topological polar surface area (TPSA) is 58.2 Å². The summed E-state index contributed by atoms with van der Waals surface area (Å²) in [6, 6.07) is 21.4. The largest absolute Gasteiger partial charge is 0.269 e. The molecule has 2 N–H and O–H groups in total. The van der Waals surface area contributed by atoms with Crippen LogP contribution in [0.4, 0.5) is 0 Å². The van der Waals surface area contributed by atoms with E-state index >= 15 is 0 Å². The Labute approximate surface area is 160 Å². The van der Waals surface area contributed by atoms with E-state index in [1.165, 1.54) is 18.2 Å². The molecule has 130 valence electrons. The number of carbonyl (C=O) groups is 2. The number of halogens is 2. The van der Waals surface area contributed by atoms with Crippen LogP contribution in [0, 0.1) is 0 Å². The van der Waals surface area contributed by atoms with Crippen LogP contribution in [0.25, 0.3) is 11.1 Å². The number of amides is 2. The molecule has 0 aliphatic rings. The van der Waals surface area contributed by atoms with Crippen LogP contribution in [0.3, 0.4) is 0 Å².